The maximum Gasteiger partial charge on any atom is 0.183 e. The van der Waals surface area contributed by atoms with Gasteiger partial charge in [-0.25, -0.2) is 8.42 Å². The topological polar surface area (TPSA) is 51.2 Å². The minimum absolute atomic E-state index is 0.0383. The van der Waals surface area contributed by atoms with Crippen molar-refractivity contribution in [2.24, 2.45) is 5.41 Å². The molecule has 0 saturated carbocycles. The zero-order valence-corrected chi connectivity index (χ0v) is 15.8. The summed E-state index contributed by atoms with van der Waals surface area (Å²) in [6, 6.07) is 6.39. The maximum absolute atomic E-state index is 12.7. The van der Waals surface area contributed by atoms with Crippen molar-refractivity contribution in [3.63, 3.8) is 0 Å². The summed E-state index contributed by atoms with van der Waals surface area (Å²) in [7, 11) is -3.59. The summed E-state index contributed by atoms with van der Waals surface area (Å²) in [5, 5.41) is 0.207. The molecule has 0 aromatic heterocycles. The largest absolute Gasteiger partial charge is 0.293 e. The zero-order valence-electron chi connectivity index (χ0n) is 12.7. The Balaban J connectivity index is 2.49. The van der Waals surface area contributed by atoms with Gasteiger partial charge >= 0.3 is 0 Å². The molecule has 120 valence electrons. The van der Waals surface area contributed by atoms with Crippen LogP contribution in [0, 0.1) is 5.41 Å². The fourth-order valence-corrected chi connectivity index (χ4v) is 6.26. The predicted octanol–water partition coefficient (Wildman–Crippen LogP) is 4.19. The third-order valence-electron chi connectivity index (χ3n) is 4.12. The molecule has 1 aromatic rings. The van der Waals surface area contributed by atoms with Crippen LogP contribution in [0.25, 0.3) is 0 Å². The van der Waals surface area contributed by atoms with Crippen LogP contribution in [0.15, 0.2) is 40.3 Å². The van der Waals surface area contributed by atoms with E-state index < -0.39 is 9.84 Å². The molecule has 0 heterocycles. The molecule has 0 saturated heterocycles. The minimum atomic E-state index is -3.59. The van der Waals surface area contributed by atoms with Gasteiger partial charge in [0.15, 0.2) is 15.6 Å². The Labute approximate surface area is 144 Å². The number of Topliss-reactive ketones (excluding diaryl/α,β-unsaturated/α-hetero) is 1. The van der Waals surface area contributed by atoms with Crippen molar-refractivity contribution in [3.8, 4) is 0 Å². The third-order valence-corrected chi connectivity index (χ3v) is 7.00. The van der Waals surface area contributed by atoms with Crippen LogP contribution in [0.5, 0.6) is 0 Å². The monoisotopic (exact) mass is 404 g/mol. The van der Waals surface area contributed by atoms with Crippen LogP contribution in [-0.4, -0.2) is 24.8 Å². The van der Waals surface area contributed by atoms with Gasteiger partial charge in [0, 0.05) is 0 Å². The highest BCUT2D eigenvalue weighted by atomic mass is 79.9. The molecule has 2 rings (SSSR count). The fraction of sp³-hybridized carbons (Fsp3) is 0.438. The van der Waals surface area contributed by atoms with Gasteiger partial charge in [-0.2, -0.15) is 0 Å². The minimum Gasteiger partial charge on any atom is -0.293 e. The van der Waals surface area contributed by atoms with Crippen LogP contribution < -0.4 is 0 Å². The van der Waals surface area contributed by atoms with Gasteiger partial charge in [0.25, 0.3) is 0 Å². The molecule has 1 aromatic carbocycles. The molecular formula is C16H18BrClO3S. The third kappa shape index (κ3) is 3.31. The lowest BCUT2D eigenvalue weighted by atomic mass is 9.73. The molecule has 0 N–H and O–H groups in total. The van der Waals surface area contributed by atoms with Crippen LogP contribution >= 0.6 is 27.5 Å². The first kappa shape index (κ1) is 17.7. The molecular weight excluding hydrogens is 388 g/mol. The molecule has 6 heteroatoms. The first-order chi connectivity index (χ1) is 10.1. The van der Waals surface area contributed by atoms with Crippen molar-refractivity contribution in [1.82, 2.24) is 0 Å². The number of alkyl halides is 1. The first-order valence-corrected chi connectivity index (χ1v) is 9.86. The molecule has 22 heavy (non-hydrogen) atoms. The molecule has 0 aliphatic heterocycles. The lowest BCUT2D eigenvalue weighted by molar-refractivity contribution is -0.116. The van der Waals surface area contributed by atoms with Gasteiger partial charge in [0.05, 0.1) is 20.5 Å². The maximum atomic E-state index is 12.7. The number of halogens is 2. The average molecular weight is 406 g/mol. The molecule has 1 unspecified atom stereocenters. The van der Waals surface area contributed by atoms with Gasteiger partial charge in [0.1, 0.15) is 0 Å². The highest BCUT2D eigenvalue weighted by Gasteiger charge is 2.39. The van der Waals surface area contributed by atoms with E-state index in [1.807, 2.05) is 13.8 Å². The van der Waals surface area contributed by atoms with E-state index in [0.717, 1.165) is 0 Å². The Morgan fingerprint density at radius 3 is 2.50 bits per heavy atom. The Hall–Kier alpha value is -0.650. The summed E-state index contributed by atoms with van der Waals surface area (Å²) in [5.41, 5.74) is 0.849. The standard InChI is InChI=1S/C16H18BrClO3S/c1-10-11(16(2,3)8-12(17)15(10)19)9-22(20,21)14-7-5-4-6-13(14)18/h4-7,12H,8-9H2,1-3H3. The van der Waals surface area contributed by atoms with E-state index in [4.69, 9.17) is 11.6 Å². The van der Waals surface area contributed by atoms with Crippen molar-refractivity contribution in [3.05, 3.63) is 40.4 Å². The van der Waals surface area contributed by atoms with Crippen LogP contribution in [-0.2, 0) is 14.6 Å². The van der Waals surface area contributed by atoms with Gasteiger partial charge < -0.3 is 0 Å². The zero-order chi connectivity index (χ0) is 16.7. The average Bonchev–Trinajstić information content (AvgIpc) is 2.41. The summed E-state index contributed by atoms with van der Waals surface area (Å²) in [5.74, 6) is -0.218. The lowest BCUT2D eigenvalue weighted by Crippen LogP contribution is -2.35. The second-order valence-corrected chi connectivity index (χ2v) is 9.68. The van der Waals surface area contributed by atoms with Crippen molar-refractivity contribution >= 4 is 43.2 Å². The number of benzene rings is 1. The number of ketones is 1. The Kier molecular flexibility index (Phi) is 4.91. The number of sulfone groups is 1. The molecule has 1 aliphatic rings. The molecule has 1 aliphatic carbocycles. The Morgan fingerprint density at radius 2 is 1.91 bits per heavy atom. The van der Waals surface area contributed by atoms with Crippen LogP contribution in [0.4, 0.5) is 0 Å². The number of allylic oxidation sites excluding steroid dienone is 1. The van der Waals surface area contributed by atoms with Gasteiger partial charge in [-0.15, -0.1) is 0 Å². The first-order valence-electron chi connectivity index (χ1n) is 6.92. The molecule has 3 nitrogen and oxygen atoms in total. The molecule has 0 radical (unpaired) electrons. The van der Waals surface area contributed by atoms with Crippen LogP contribution in [0.3, 0.4) is 0 Å². The smallest absolute Gasteiger partial charge is 0.183 e. The molecule has 0 amide bonds. The number of carbonyl (C=O) groups excluding carboxylic acids is 1. The molecule has 0 fully saturated rings. The molecule has 0 bridgehead atoms. The van der Waals surface area contributed by atoms with E-state index in [2.05, 4.69) is 15.9 Å². The predicted molar refractivity (Wildman–Crippen MR) is 92.3 cm³/mol. The van der Waals surface area contributed by atoms with E-state index in [9.17, 15) is 13.2 Å². The second kappa shape index (κ2) is 6.10. The normalized spacial score (nSPS) is 22.0. The van der Waals surface area contributed by atoms with Gasteiger partial charge in [-0.3, -0.25) is 4.79 Å². The molecule has 0 spiro atoms. The van der Waals surface area contributed by atoms with E-state index in [0.29, 0.717) is 17.6 Å². The number of hydrogen-bond donors (Lipinski definition) is 0. The van der Waals surface area contributed by atoms with E-state index in [1.165, 1.54) is 6.07 Å². The van der Waals surface area contributed by atoms with Crippen LogP contribution in [0.1, 0.15) is 27.2 Å². The van der Waals surface area contributed by atoms with Gasteiger partial charge in [-0.1, -0.05) is 53.5 Å². The van der Waals surface area contributed by atoms with Crippen LogP contribution in [0.2, 0.25) is 5.02 Å². The van der Waals surface area contributed by atoms with Crippen molar-refractivity contribution in [2.45, 2.75) is 36.9 Å². The van der Waals surface area contributed by atoms with Gasteiger partial charge in [0.2, 0.25) is 0 Å². The lowest BCUT2D eigenvalue weighted by Gasteiger charge is -2.36. The highest BCUT2D eigenvalue weighted by molar-refractivity contribution is 9.10. The number of hydrogen-bond acceptors (Lipinski definition) is 3. The summed E-state index contributed by atoms with van der Waals surface area (Å²) in [6.07, 6.45) is 0.580. The quantitative estimate of drug-likeness (QED) is 0.708. The van der Waals surface area contributed by atoms with Crippen molar-refractivity contribution in [2.75, 3.05) is 5.75 Å². The molecule has 1 atom stereocenters. The number of carbonyl (C=O) groups is 1. The summed E-state index contributed by atoms with van der Waals surface area (Å²) >= 11 is 9.40. The Bertz CT molecular complexity index is 750. The van der Waals surface area contributed by atoms with E-state index >= 15 is 0 Å². The second-order valence-electron chi connectivity index (χ2n) is 6.21. The van der Waals surface area contributed by atoms with Crippen molar-refractivity contribution < 1.29 is 13.2 Å². The number of rotatable bonds is 3. The highest BCUT2D eigenvalue weighted by Crippen LogP contribution is 2.42. The van der Waals surface area contributed by atoms with E-state index in [1.54, 1.807) is 25.1 Å². The fourth-order valence-electron chi connectivity index (χ4n) is 2.82. The Morgan fingerprint density at radius 1 is 1.32 bits per heavy atom. The van der Waals surface area contributed by atoms with E-state index in [-0.39, 0.29) is 31.7 Å². The van der Waals surface area contributed by atoms with Gasteiger partial charge in [-0.05, 0) is 42.0 Å². The van der Waals surface area contributed by atoms with Crippen molar-refractivity contribution in [1.29, 1.82) is 0 Å². The summed E-state index contributed by atoms with van der Waals surface area (Å²) in [4.78, 5) is 12.0. The summed E-state index contributed by atoms with van der Waals surface area (Å²) < 4.78 is 25.4. The SMILES string of the molecule is CC1=C(CS(=O)(=O)c2ccccc2Cl)C(C)(C)CC(Br)C1=O. The summed E-state index contributed by atoms with van der Waals surface area (Å²) in [6.45, 7) is 5.64.